The Morgan fingerprint density at radius 3 is 2.43 bits per heavy atom. The van der Waals surface area contributed by atoms with Crippen LogP contribution in [0.15, 0.2) is 36.5 Å². The van der Waals surface area contributed by atoms with Gasteiger partial charge in [0.25, 0.3) is 16.1 Å². The van der Waals surface area contributed by atoms with E-state index in [9.17, 15) is 17.6 Å². The number of pyridine rings is 1. The first-order valence-corrected chi connectivity index (χ1v) is 13.4. The lowest BCUT2D eigenvalue weighted by Crippen LogP contribution is -2.32. The van der Waals surface area contributed by atoms with E-state index in [1.54, 1.807) is 0 Å². The van der Waals surface area contributed by atoms with Gasteiger partial charge in [0, 0.05) is 22.7 Å². The average Bonchev–Trinajstić information content (AvgIpc) is 3.66. The van der Waals surface area contributed by atoms with Gasteiger partial charge in [0.05, 0.1) is 16.9 Å². The molecule has 8 nitrogen and oxygen atoms in total. The Kier molecular flexibility index (Phi) is 7.89. The Balaban J connectivity index is 1.64. The largest absolute Gasteiger partial charge is 0.366 e. The number of nitrogens with two attached hydrogens (primary N) is 1. The summed E-state index contributed by atoms with van der Waals surface area (Å²) < 4.78 is 88.6. The number of aromatic nitrogens is 1. The topological polar surface area (TPSA) is 126 Å². The zero-order valence-corrected chi connectivity index (χ0v) is 21.9. The van der Waals surface area contributed by atoms with Gasteiger partial charge in [0.15, 0.2) is 23.3 Å². The molecule has 3 aromatic rings. The smallest absolute Gasteiger partial charge is 0.300 e. The van der Waals surface area contributed by atoms with Crippen molar-refractivity contribution >= 4 is 55.9 Å². The molecule has 0 atom stereocenters. The van der Waals surface area contributed by atoms with E-state index in [4.69, 9.17) is 5.73 Å². The number of nitrogens with one attached hydrogen (secondary N) is 3. The SMILES string of the molecule is NC(=O)c1cc(Cc2ccnc(NS(=O)(=O)NCC3CC3)c2F)c(F)c(F)c1Nc1ccc(I)cc1F. The second kappa shape index (κ2) is 10.8. The van der Waals surface area contributed by atoms with Gasteiger partial charge in [-0.05, 0) is 82.8 Å². The average molecular weight is 649 g/mol. The van der Waals surface area contributed by atoms with Crippen LogP contribution in [0.5, 0.6) is 0 Å². The minimum absolute atomic E-state index is 0.198. The van der Waals surface area contributed by atoms with Crippen LogP contribution < -0.4 is 20.5 Å². The molecule has 0 spiro atoms. The van der Waals surface area contributed by atoms with Crippen LogP contribution in [-0.4, -0.2) is 25.9 Å². The predicted molar refractivity (Wildman–Crippen MR) is 138 cm³/mol. The molecule has 5 N–H and O–H groups in total. The second-order valence-corrected chi connectivity index (χ2v) is 11.2. The van der Waals surface area contributed by atoms with Crippen LogP contribution in [0.4, 0.5) is 34.8 Å². The van der Waals surface area contributed by atoms with Crippen molar-refractivity contribution in [3.63, 3.8) is 0 Å². The maximum atomic E-state index is 15.1. The van der Waals surface area contributed by atoms with Gasteiger partial charge in [0.2, 0.25) is 0 Å². The van der Waals surface area contributed by atoms with Crippen molar-refractivity contribution in [2.24, 2.45) is 11.7 Å². The van der Waals surface area contributed by atoms with Gasteiger partial charge in [0.1, 0.15) is 5.82 Å². The standard InChI is InChI=1S/C23H20F4IN5O3S/c24-16-9-14(28)3-4-17(16)32-21-15(22(29)34)8-13(18(25)20(21)27)7-12-5-6-30-23(19(12)26)33-37(35,36)31-10-11-1-2-11/h3-6,8-9,11,31-32H,1-2,7,10H2,(H2,29,34)(H,30,33). The summed E-state index contributed by atoms with van der Waals surface area (Å²) in [5, 5.41) is 2.36. The number of hydrogen-bond donors (Lipinski definition) is 4. The Labute approximate surface area is 223 Å². The maximum absolute atomic E-state index is 15.1. The second-order valence-electron chi connectivity index (χ2n) is 8.41. The van der Waals surface area contributed by atoms with E-state index in [2.05, 4.69) is 15.0 Å². The molecular weight excluding hydrogens is 629 g/mol. The van der Waals surface area contributed by atoms with Crippen LogP contribution in [-0.2, 0) is 16.6 Å². The highest BCUT2D eigenvalue weighted by Gasteiger charge is 2.26. The monoisotopic (exact) mass is 649 g/mol. The van der Waals surface area contributed by atoms with Gasteiger partial charge in [-0.2, -0.15) is 13.1 Å². The molecule has 1 heterocycles. The summed E-state index contributed by atoms with van der Waals surface area (Å²) in [5.74, 6) is -6.37. The minimum atomic E-state index is -4.11. The summed E-state index contributed by atoms with van der Waals surface area (Å²) in [4.78, 5) is 15.7. The van der Waals surface area contributed by atoms with Gasteiger partial charge in [-0.15, -0.1) is 0 Å². The van der Waals surface area contributed by atoms with E-state index in [0.29, 0.717) is 3.57 Å². The number of carbonyl (C=O) groups is 1. The lowest BCUT2D eigenvalue weighted by molar-refractivity contribution is 0.100. The molecule has 4 rings (SSSR count). The molecule has 0 saturated heterocycles. The van der Waals surface area contributed by atoms with Crippen LogP contribution >= 0.6 is 22.6 Å². The van der Waals surface area contributed by atoms with Crippen molar-refractivity contribution in [1.29, 1.82) is 0 Å². The highest BCUT2D eigenvalue weighted by Crippen LogP contribution is 2.32. The van der Waals surface area contributed by atoms with E-state index in [1.807, 2.05) is 27.3 Å². The Bertz CT molecular complexity index is 1490. The molecule has 0 aliphatic heterocycles. The number of halogens is 5. The van der Waals surface area contributed by atoms with Crippen molar-refractivity contribution in [1.82, 2.24) is 9.71 Å². The number of nitrogens with zero attached hydrogens (tertiary/aromatic N) is 1. The van der Waals surface area contributed by atoms with Crippen LogP contribution in [0.25, 0.3) is 0 Å². The van der Waals surface area contributed by atoms with Gasteiger partial charge in [-0.3, -0.25) is 9.52 Å². The van der Waals surface area contributed by atoms with Gasteiger partial charge < -0.3 is 11.1 Å². The van der Waals surface area contributed by atoms with E-state index in [-0.39, 0.29) is 23.7 Å². The summed E-state index contributed by atoms with van der Waals surface area (Å²) in [6.07, 6.45) is 2.32. The fourth-order valence-electron chi connectivity index (χ4n) is 3.46. The Morgan fingerprint density at radius 1 is 1.05 bits per heavy atom. The molecule has 0 bridgehead atoms. The third-order valence-corrected chi connectivity index (χ3v) is 7.26. The molecule has 1 amide bonds. The highest BCUT2D eigenvalue weighted by atomic mass is 127. The van der Waals surface area contributed by atoms with Crippen LogP contribution in [0.3, 0.4) is 0 Å². The van der Waals surface area contributed by atoms with Gasteiger partial charge in [-0.1, -0.05) is 0 Å². The molecular formula is C23H20F4IN5O3S. The van der Waals surface area contributed by atoms with Crippen LogP contribution in [0, 0.1) is 32.8 Å². The van der Waals surface area contributed by atoms with Crippen molar-refractivity contribution in [2.45, 2.75) is 19.3 Å². The van der Waals surface area contributed by atoms with E-state index in [0.717, 1.165) is 37.2 Å². The number of carbonyl (C=O) groups excluding carboxylic acids is 1. The molecule has 0 radical (unpaired) electrons. The summed E-state index contributed by atoms with van der Waals surface area (Å²) >= 11 is 1.87. The summed E-state index contributed by atoms with van der Waals surface area (Å²) in [7, 11) is -4.11. The Hall–Kier alpha value is -2.98. The van der Waals surface area contributed by atoms with Crippen LogP contribution in [0.1, 0.15) is 34.3 Å². The summed E-state index contributed by atoms with van der Waals surface area (Å²) in [6.45, 7) is 0.198. The predicted octanol–water partition coefficient (Wildman–Crippen LogP) is 4.33. The third-order valence-electron chi connectivity index (χ3n) is 5.58. The van der Waals surface area contributed by atoms with E-state index in [1.165, 1.54) is 12.1 Å². The number of benzene rings is 2. The van der Waals surface area contributed by atoms with Gasteiger partial charge >= 0.3 is 0 Å². The fourth-order valence-corrected chi connectivity index (χ4v) is 4.84. The zero-order chi connectivity index (χ0) is 26.9. The minimum Gasteiger partial charge on any atom is -0.366 e. The molecule has 1 aromatic heterocycles. The lowest BCUT2D eigenvalue weighted by Gasteiger charge is -2.16. The lowest BCUT2D eigenvalue weighted by atomic mass is 10.00. The fraction of sp³-hybridized carbons (Fsp3) is 0.217. The molecule has 196 valence electrons. The molecule has 0 unspecified atom stereocenters. The molecule has 1 aliphatic carbocycles. The number of primary amides is 1. The number of anilines is 3. The van der Waals surface area contributed by atoms with Crippen molar-refractivity contribution in [3.05, 3.63) is 80.1 Å². The third kappa shape index (κ3) is 6.48. The first-order valence-electron chi connectivity index (χ1n) is 10.9. The highest BCUT2D eigenvalue weighted by molar-refractivity contribution is 14.1. The van der Waals surface area contributed by atoms with Crippen molar-refractivity contribution in [2.75, 3.05) is 16.6 Å². The molecule has 14 heteroatoms. The maximum Gasteiger partial charge on any atom is 0.300 e. The quantitative estimate of drug-likeness (QED) is 0.192. The molecule has 1 saturated carbocycles. The number of hydrogen-bond acceptors (Lipinski definition) is 5. The first kappa shape index (κ1) is 27.1. The number of rotatable bonds is 10. The number of amides is 1. The van der Waals surface area contributed by atoms with Crippen molar-refractivity contribution in [3.8, 4) is 0 Å². The van der Waals surface area contributed by atoms with Crippen LogP contribution in [0.2, 0.25) is 0 Å². The Morgan fingerprint density at radius 2 is 1.78 bits per heavy atom. The van der Waals surface area contributed by atoms with E-state index < -0.39 is 68.4 Å². The summed E-state index contributed by atoms with van der Waals surface area (Å²) in [6, 6.07) is 6.02. The molecule has 1 aliphatic rings. The van der Waals surface area contributed by atoms with Crippen molar-refractivity contribution < 1.29 is 30.8 Å². The summed E-state index contributed by atoms with van der Waals surface area (Å²) in [5.41, 5.74) is 3.29. The normalized spacial score (nSPS) is 13.4. The van der Waals surface area contributed by atoms with E-state index >= 15 is 13.2 Å². The van der Waals surface area contributed by atoms with Gasteiger partial charge in [-0.25, -0.2) is 22.5 Å². The first-order chi connectivity index (χ1) is 17.4. The molecule has 37 heavy (non-hydrogen) atoms. The zero-order valence-electron chi connectivity index (χ0n) is 18.9. The molecule has 2 aromatic carbocycles. The molecule has 1 fully saturated rings.